The van der Waals surface area contributed by atoms with E-state index in [4.69, 9.17) is 0 Å². The SMILES string of the molecule is CC.C\C=C/C(CC)=C(\C=C/C)NCC. The van der Waals surface area contributed by atoms with Crippen LogP contribution in [-0.2, 0) is 0 Å². The summed E-state index contributed by atoms with van der Waals surface area (Å²) in [6.45, 7) is 13.4. The van der Waals surface area contributed by atoms with Gasteiger partial charge in [0.25, 0.3) is 0 Å². The zero-order valence-corrected chi connectivity index (χ0v) is 11.2. The average molecular weight is 209 g/mol. The van der Waals surface area contributed by atoms with E-state index in [0.29, 0.717) is 0 Å². The minimum atomic E-state index is 0.973. The van der Waals surface area contributed by atoms with E-state index in [9.17, 15) is 0 Å². The molecule has 0 aromatic carbocycles. The molecule has 0 radical (unpaired) electrons. The fraction of sp³-hybridized carbons (Fsp3) is 0.571. The van der Waals surface area contributed by atoms with Crippen LogP contribution in [0.3, 0.4) is 0 Å². The quantitative estimate of drug-likeness (QED) is 0.660. The lowest BCUT2D eigenvalue weighted by Gasteiger charge is -2.08. The molecule has 0 saturated heterocycles. The van der Waals surface area contributed by atoms with Crippen molar-refractivity contribution in [2.75, 3.05) is 6.54 Å². The van der Waals surface area contributed by atoms with Crippen molar-refractivity contribution >= 4 is 0 Å². The molecular weight excluding hydrogens is 182 g/mol. The molecule has 0 aliphatic carbocycles. The van der Waals surface area contributed by atoms with E-state index in [1.54, 1.807) is 0 Å². The third-order valence-electron chi connectivity index (χ3n) is 1.80. The van der Waals surface area contributed by atoms with Gasteiger partial charge in [0.05, 0.1) is 0 Å². The minimum absolute atomic E-state index is 0.973. The van der Waals surface area contributed by atoms with Gasteiger partial charge in [0.2, 0.25) is 0 Å². The van der Waals surface area contributed by atoms with Crippen molar-refractivity contribution in [3.63, 3.8) is 0 Å². The van der Waals surface area contributed by atoms with Crippen LogP contribution in [0.1, 0.15) is 48.0 Å². The van der Waals surface area contributed by atoms with E-state index in [1.807, 2.05) is 20.8 Å². The number of allylic oxidation sites excluding steroid dienone is 5. The normalized spacial score (nSPS) is 12.4. The Labute approximate surface area is 96.0 Å². The Morgan fingerprint density at radius 1 is 1.00 bits per heavy atom. The summed E-state index contributed by atoms with van der Waals surface area (Å²) in [7, 11) is 0. The molecule has 88 valence electrons. The van der Waals surface area contributed by atoms with Crippen LogP contribution in [0.25, 0.3) is 0 Å². The summed E-state index contributed by atoms with van der Waals surface area (Å²) in [6, 6.07) is 0. The van der Waals surface area contributed by atoms with E-state index in [-0.39, 0.29) is 0 Å². The van der Waals surface area contributed by atoms with Gasteiger partial charge >= 0.3 is 0 Å². The zero-order chi connectivity index (χ0) is 12.1. The molecule has 0 saturated carbocycles. The molecule has 0 spiro atoms. The third kappa shape index (κ3) is 8.04. The number of hydrogen-bond acceptors (Lipinski definition) is 1. The zero-order valence-electron chi connectivity index (χ0n) is 11.2. The van der Waals surface area contributed by atoms with Crippen LogP contribution in [0.15, 0.2) is 35.6 Å². The van der Waals surface area contributed by atoms with Gasteiger partial charge in [0.15, 0.2) is 0 Å². The highest BCUT2D eigenvalue weighted by Gasteiger charge is 1.96. The molecule has 0 bridgehead atoms. The van der Waals surface area contributed by atoms with Crippen molar-refractivity contribution in [3.05, 3.63) is 35.6 Å². The van der Waals surface area contributed by atoms with Gasteiger partial charge in [-0.15, -0.1) is 0 Å². The maximum absolute atomic E-state index is 3.36. The Morgan fingerprint density at radius 2 is 1.53 bits per heavy atom. The van der Waals surface area contributed by atoms with Gasteiger partial charge in [-0.3, -0.25) is 0 Å². The van der Waals surface area contributed by atoms with Crippen molar-refractivity contribution in [3.8, 4) is 0 Å². The highest BCUT2D eigenvalue weighted by atomic mass is 14.9. The number of nitrogens with one attached hydrogen (secondary N) is 1. The van der Waals surface area contributed by atoms with Crippen molar-refractivity contribution in [2.24, 2.45) is 0 Å². The van der Waals surface area contributed by atoms with Gasteiger partial charge in [0, 0.05) is 12.2 Å². The Kier molecular flexibility index (Phi) is 14.3. The smallest absolute Gasteiger partial charge is 0.0369 e. The van der Waals surface area contributed by atoms with Gasteiger partial charge in [0.1, 0.15) is 0 Å². The Morgan fingerprint density at radius 3 is 1.87 bits per heavy atom. The summed E-state index contributed by atoms with van der Waals surface area (Å²) in [5, 5.41) is 3.36. The molecule has 0 heterocycles. The first-order valence-electron chi connectivity index (χ1n) is 6.02. The molecule has 0 aliphatic heterocycles. The molecule has 1 nitrogen and oxygen atoms in total. The summed E-state index contributed by atoms with van der Waals surface area (Å²) >= 11 is 0. The maximum Gasteiger partial charge on any atom is 0.0369 e. The van der Waals surface area contributed by atoms with Crippen LogP contribution in [0.4, 0.5) is 0 Å². The molecule has 15 heavy (non-hydrogen) atoms. The van der Waals surface area contributed by atoms with Crippen LogP contribution < -0.4 is 5.32 Å². The molecule has 1 heteroatoms. The third-order valence-corrected chi connectivity index (χ3v) is 1.80. The van der Waals surface area contributed by atoms with Crippen molar-refractivity contribution in [2.45, 2.75) is 48.0 Å². The molecule has 0 amide bonds. The lowest BCUT2D eigenvalue weighted by Crippen LogP contribution is -2.12. The van der Waals surface area contributed by atoms with E-state index in [0.717, 1.165) is 13.0 Å². The fourth-order valence-electron chi connectivity index (χ4n) is 1.24. The van der Waals surface area contributed by atoms with Gasteiger partial charge in [-0.05, 0) is 38.8 Å². The van der Waals surface area contributed by atoms with E-state index < -0.39 is 0 Å². The fourth-order valence-corrected chi connectivity index (χ4v) is 1.24. The van der Waals surface area contributed by atoms with Crippen LogP contribution in [-0.4, -0.2) is 6.54 Å². The lowest BCUT2D eigenvalue weighted by molar-refractivity contribution is 0.858. The van der Waals surface area contributed by atoms with E-state index >= 15 is 0 Å². The summed E-state index contributed by atoms with van der Waals surface area (Å²) in [5.41, 5.74) is 2.60. The van der Waals surface area contributed by atoms with Crippen molar-refractivity contribution < 1.29 is 0 Å². The van der Waals surface area contributed by atoms with Gasteiger partial charge in [-0.1, -0.05) is 39.0 Å². The number of rotatable bonds is 5. The number of likely N-dealkylation sites (N-methyl/N-ethyl adjacent to an activating group) is 1. The highest BCUT2D eigenvalue weighted by Crippen LogP contribution is 2.09. The monoisotopic (exact) mass is 209 g/mol. The predicted molar refractivity (Wildman–Crippen MR) is 72.0 cm³/mol. The van der Waals surface area contributed by atoms with Gasteiger partial charge in [-0.2, -0.15) is 0 Å². The lowest BCUT2D eigenvalue weighted by atomic mass is 10.1. The molecule has 0 fully saturated rings. The Hall–Kier alpha value is -0.980. The topological polar surface area (TPSA) is 12.0 Å². The summed E-state index contributed by atoms with van der Waals surface area (Å²) in [4.78, 5) is 0. The Bertz CT molecular complexity index is 209. The second-order valence-electron chi connectivity index (χ2n) is 2.82. The molecule has 1 N–H and O–H groups in total. The highest BCUT2D eigenvalue weighted by molar-refractivity contribution is 5.31. The van der Waals surface area contributed by atoms with E-state index in [2.05, 4.69) is 50.4 Å². The second kappa shape index (κ2) is 13.0. The Balaban J connectivity index is 0. The van der Waals surface area contributed by atoms with Crippen molar-refractivity contribution in [1.29, 1.82) is 0 Å². The van der Waals surface area contributed by atoms with E-state index in [1.165, 1.54) is 11.3 Å². The molecule has 0 aromatic rings. The van der Waals surface area contributed by atoms with Crippen LogP contribution >= 0.6 is 0 Å². The van der Waals surface area contributed by atoms with Gasteiger partial charge < -0.3 is 5.32 Å². The molecular formula is C14H27N. The number of hydrogen-bond donors (Lipinski definition) is 1. The van der Waals surface area contributed by atoms with Crippen LogP contribution in [0.5, 0.6) is 0 Å². The maximum atomic E-state index is 3.36. The largest absolute Gasteiger partial charge is 0.385 e. The summed E-state index contributed by atoms with van der Waals surface area (Å²) < 4.78 is 0. The molecule has 0 rings (SSSR count). The molecule has 0 unspecified atom stereocenters. The average Bonchev–Trinajstić information content (AvgIpc) is 2.28. The first-order valence-corrected chi connectivity index (χ1v) is 6.02. The molecule has 0 aromatic heterocycles. The second-order valence-corrected chi connectivity index (χ2v) is 2.82. The summed E-state index contributed by atoms with van der Waals surface area (Å²) in [5.74, 6) is 0. The van der Waals surface area contributed by atoms with Crippen LogP contribution in [0.2, 0.25) is 0 Å². The van der Waals surface area contributed by atoms with Crippen LogP contribution in [0, 0.1) is 0 Å². The van der Waals surface area contributed by atoms with Gasteiger partial charge in [-0.25, -0.2) is 0 Å². The van der Waals surface area contributed by atoms with Crippen molar-refractivity contribution in [1.82, 2.24) is 5.32 Å². The molecule has 0 aliphatic rings. The minimum Gasteiger partial charge on any atom is -0.385 e. The standard InChI is InChI=1S/C12H21N.C2H6/c1-5-9-11(7-3)12(10-6-2)13-8-4;1-2/h5-6,9-10,13H,7-8H2,1-4H3;1-2H3/b9-5-,10-6-,12-11+;. The first-order chi connectivity index (χ1) is 7.29. The summed E-state index contributed by atoms with van der Waals surface area (Å²) in [6.07, 6.45) is 9.51. The molecule has 0 atom stereocenters. The predicted octanol–water partition coefficient (Wildman–Crippen LogP) is 4.44. The first kappa shape index (κ1) is 16.4.